The van der Waals surface area contributed by atoms with Gasteiger partial charge in [0.15, 0.2) is 17.3 Å². The Morgan fingerprint density at radius 2 is 1.57 bits per heavy atom. The molecule has 0 bridgehead atoms. The molecule has 4 aromatic carbocycles. The molecule has 2 heterocycles. The summed E-state index contributed by atoms with van der Waals surface area (Å²) in [4.78, 5) is 57.0. The average Bonchev–Trinajstić information content (AvgIpc) is 3.47. The maximum Gasteiger partial charge on any atom is 0.270 e. The fraction of sp³-hybridized carbons (Fsp3) is 0.147. The van der Waals surface area contributed by atoms with E-state index in [0.29, 0.717) is 28.1 Å². The lowest BCUT2D eigenvalue weighted by molar-refractivity contribution is -0.384. The van der Waals surface area contributed by atoms with Crippen LogP contribution in [-0.4, -0.2) is 41.5 Å². The van der Waals surface area contributed by atoms with Crippen LogP contribution in [0.15, 0.2) is 103 Å². The van der Waals surface area contributed by atoms with Gasteiger partial charge in [-0.3, -0.25) is 24.5 Å². The summed E-state index contributed by atoms with van der Waals surface area (Å²) in [7, 11) is 1.53. The predicted octanol–water partition coefficient (Wildman–Crippen LogP) is 5.92. The number of ketones is 3. The third-order valence-electron chi connectivity index (χ3n) is 8.78. The van der Waals surface area contributed by atoms with Crippen molar-refractivity contribution in [1.82, 2.24) is 0 Å². The van der Waals surface area contributed by atoms with Gasteiger partial charge in [0.1, 0.15) is 17.2 Å². The Kier molecular flexibility index (Phi) is 5.69. The number of rotatable bonds is 5. The van der Waals surface area contributed by atoms with Crippen molar-refractivity contribution < 1.29 is 24.0 Å². The molecule has 3 atom stereocenters. The molecule has 3 aliphatic rings. The van der Waals surface area contributed by atoms with Crippen LogP contribution in [0, 0.1) is 15.5 Å². The van der Waals surface area contributed by atoms with Gasteiger partial charge in [0.05, 0.1) is 18.1 Å². The van der Waals surface area contributed by atoms with Crippen LogP contribution in [0.25, 0.3) is 6.08 Å². The molecule has 0 unspecified atom stereocenters. The third-order valence-corrected chi connectivity index (χ3v) is 8.78. The maximum absolute atomic E-state index is 14.7. The summed E-state index contributed by atoms with van der Waals surface area (Å²) in [6, 6.07) is 25.2. The number of ether oxygens (including phenoxy) is 1. The summed E-state index contributed by atoms with van der Waals surface area (Å²) >= 11 is 0. The number of hydrogen-bond donors (Lipinski definition) is 0. The van der Waals surface area contributed by atoms with Crippen LogP contribution >= 0.6 is 0 Å². The van der Waals surface area contributed by atoms with Crippen LogP contribution in [0.5, 0.6) is 5.75 Å². The van der Waals surface area contributed by atoms with E-state index in [2.05, 4.69) is 0 Å². The number of fused-ring (bicyclic) bond motifs is 5. The van der Waals surface area contributed by atoms with E-state index in [4.69, 9.17) is 4.74 Å². The fourth-order valence-corrected chi connectivity index (χ4v) is 7.07. The molecule has 1 spiro atoms. The molecule has 0 N–H and O–H groups in total. The number of carbonyl (C=O) groups excluding carboxylic acids is 3. The lowest BCUT2D eigenvalue weighted by atomic mass is 9.64. The van der Waals surface area contributed by atoms with Gasteiger partial charge in [-0.05, 0) is 29.3 Å². The summed E-state index contributed by atoms with van der Waals surface area (Å²) in [5.41, 5.74) is 1.02. The molecule has 42 heavy (non-hydrogen) atoms. The Balaban J connectivity index is 1.54. The Bertz CT molecular complexity index is 1830. The topological polar surface area (TPSA) is 107 Å². The van der Waals surface area contributed by atoms with Crippen LogP contribution in [0.4, 0.5) is 11.4 Å². The molecule has 206 valence electrons. The molecule has 0 radical (unpaired) electrons. The van der Waals surface area contributed by atoms with Gasteiger partial charge < -0.3 is 9.64 Å². The van der Waals surface area contributed by atoms with E-state index in [1.165, 1.54) is 31.4 Å². The zero-order valence-electron chi connectivity index (χ0n) is 22.5. The zero-order valence-corrected chi connectivity index (χ0v) is 22.5. The van der Waals surface area contributed by atoms with Crippen LogP contribution in [-0.2, 0) is 0 Å². The minimum absolute atomic E-state index is 0.125. The molecular weight excluding hydrogens is 532 g/mol. The van der Waals surface area contributed by atoms with E-state index in [9.17, 15) is 24.5 Å². The number of Topliss-reactive ketones (excluding diaryl/α,β-unsaturated/α-hetero) is 3. The number of non-ortho nitro benzene ring substituents is 1. The van der Waals surface area contributed by atoms with Crippen molar-refractivity contribution in [3.05, 3.63) is 141 Å². The van der Waals surface area contributed by atoms with E-state index >= 15 is 0 Å². The van der Waals surface area contributed by atoms with Gasteiger partial charge in [0, 0.05) is 40.4 Å². The first-order valence-corrected chi connectivity index (χ1v) is 13.5. The van der Waals surface area contributed by atoms with E-state index < -0.39 is 34.1 Å². The second kappa shape index (κ2) is 9.34. The highest BCUT2D eigenvalue weighted by molar-refractivity contribution is 6.32. The number of nitro benzene ring substituents is 1. The van der Waals surface area contributed by atoms with Crippen molar-refractivity contribution in [2.45, 2.75) is 18.0 Å². The third kappa shape index (κ3) is 3.38. The quantitative estimate of drug-likeness (QED) is 0.130. The molecule has 4 aromatic rings. The van der Waals surface area contributed by atoms with Crippen LogP contribution in [0.1, 0.15) is 48.1 Å². The van der Waals surface area contributed by atoms with Crippen LogP contribution < -0.4 is 9.64 Å². The molecule has 2 aliphatic heterocycles. The van der Waals surface area contributed by atoms with E-state index in [0.717, 1.165) is 5.56 Å². The molecule has 0 aromatic heterocycles. The maximum atomic E-state index is 14.7. The van der Waals surface area contributed by atoms with Gasteiger partial charge in [-0.1, -0.05) is 78.9 Å². The van der Waals surface area contributed by atoms with Crippen molar-refractivity contribution in [1.29, 1.82) is 0 Å². The highest BCUT2D eigenvalue weighted by Gasteiger charge is 2.71. The minimum Gasteiger partial charge on any atom is -0.497 e. The Morgan fingerprint density at radius 3 is 2.29 bits per heavy atom. The smallest absolute Gasteiger partial charge is 0.270 e. The molecular formula is C34H24N2O6. The van der Waals surface area contributed by atoms with Crippen LogP contribution in [0.2, 0.25) is 0 Å². The number of nitrogens with zero attached hydrogens (tertiary/aromatic N) is 2. The monoisotopic (exact) mass is 556 g/mol. The van der Waals surface area contributed by atoms with Gasteiger partial charge in [0.2, 0.25) is 0 Å². The molecule has 8 heteroatoms. The molecule has 1 fully saturated rings. The van der Waals surface area contributed by atoms with Crippen molar-refractivity contribution >= 4 is 34.8 Å². The Labute approximate surface area is 241 Å². The number of nitro groups is 1. The van der Waals surface area contributed by atoms with E-state index in [-0.39, 0.29) is 22.8 Å². The Hall–Kier alpha value is -5.37. The minimum atomic E-state index is -1.67. The number of para-hydroxylation sites is 1. The Morgan fingerprint density at radius 1 is 0.881 bits per heavy atom. The molecule has 8 nitrogen and oxygen atoms in total. The molecule has 7 rings (SSSR count). The van der Waals surface area contributed by atoms with Gasteiger partial charge in [-0.15, -0.1) is 0 Å². The number of carbonyl (C=O) groups is 3. The van der Waals surface area contributed by atoms with Gasteiger partial charge in [0.25, 0.3) is 5.69 Å². The summed E-state index contributed by atoms with van der Waals surface area (Å²) in [5, 5.41) is 11.6. The first-order valence-electron chi connectivity index (χ1n) is 13.5. The molecule has 1 saturated heterocycles. The van der Waals surface area contributed by atoms with Gasteiger partial charge in [-0.25, -0.2) is 0 Å². The van der Waals surface area contributed by atoms with Crippen molar-refractivity contribution in [2.24, 2.45) is 5.41 Å². The van der Waals surface area contributed by atoms with E-state index in [1.54, 1.807) is 48.5 Å². The second-order valence-electron chi connectivity index (χ2n) is 10.7. The molecule has 1 aliphatic carbocycles. The lowest BCUT2D eigenvalue weighted by Gasteiger charge is -2.37. The number of methoxy groups -OCH3 is 1. The zero-order chi connectivity index (χ0) is 29.2. The summed E-state index contributed by atoms with van der Waals surface area (Å²) in [6.07, 6.45) is 3.74. The fourth-order valence-electron chi connectivity index (χ4n) is 7.07. The normalized spacial score (nSPS) is 21.2. The van der Waals surface area contributed by atoms with Crippen molar-refractivity contribution in [3.63, 3.8) is 0 Å². The summed E-state index contributed by atoms with van der Waals surface area (Å²) < 4.78 is 5.52. The van der Waals surface area contributed by atoms with E-state index in [1.807, 2.05) is 41.3 Å². The number of anilines is 1. The highest BCUT2D eigenvalue weighted by Crippen LogP contribution is 2.61. The van der Waals surface area contributed by atoms with Gasteiger partial charge >= 0.3 is 0 Å². The van der Waals surface area contributed by atoms with Crippen molar-refractivity contribution in [2.75, 3.05) is 12.0 Å². The summed E-state index contributed by atoms with van der Waals surface area (Å²) in [5.74, 6) is -1.53. The predicted molar refractivity (Wildman–Crippen MR) is 156 cm³/mol. The summed E-state index contributed by atoms with van der Waals surface area (Å²) in [6.45, 7) is 0. The van der Waals surface area contributed by atoms with Crippen LogP contribution in [0.3, 0.4) is 0 Å². The van der Waals surface area contributed by atoms with Crippen molar-refractivity contribution in [3.8, 4) is 5.75 Å². The first kappa shape index (κ1) is 25.6. The average molecular weight is 557 g/mol. The lowest BCUT2D eigenvalue weighted by Crippen LogP contribution is -2.48. The molecule has 0 amide bonds. The largest absolute Gasteiger partial charge is 0.497 e. The standard InChI is InChI=1S/C34H24N2O6/c1-42-24-12-7-9-21(19-24)29-30(31(37)22-10-6-11-23(18-22)36(40)41)35-27-15-5-2-8-20(27)16-17-28(35)34(29)32(38)25-13-3-4-14-26(25)33(34)39/h2-19,28-30H,1H3/t28-,29-,30-/m1/s1. The highest BCUT2D eigenvalue weighted by atomic mass is 16.6. The SMILES string of the molecule is COc1cccc([C@@H]2[C@H](C(=O)c3cccc([N+](=O)[O-])c3)N3c4ccccc4C=C[C@@H]3C23C(=O)c2ccccc2C3=O)c1. The number of benzene rings is 4. The van der Waals surface area contributed by atoms with Gasteiger partial charge in [-0.2, -0.15) is 0 Å². The number of hydrogen-bond acceptors (Lipinski definition) is 7. The molecule has 0 saturated carbocycles. The first-order chi connectivity index (χ1) is 20.4. The second-order valence-corrected chi connectivity index (χ2v) is 10.7.